The highest BCUT2D eigenvalue weighted by molar-refractivity contribution is 5.92. The van der Waals surface area contributed by atoms with Gasteiger partial charge in [0.2, 0.25) is 12.7 Å². The van der Waals surface area contributed by atoms with Gasteiger partial charge in [0.15, 0.2) is 11.5 Å². The van der Waals surface area contributed by atoms with Gasteiger partial charge in [0.05, 0.1) is 17.4 Å². The van der Waals surface area contributed by atoms with Crippen molar-refractivity contribution in [3.8, 4) is 17.2 Å². The molecular formula is C27H26N4O4. The molecule has 1 N–H and O–H groups in total. The topological polar surface area (TPSA) is 89.5 Å². The van der Waals surface area contributed by atoms with Crippen molar-refractivity contribution in [3.63, 3.8) is 0 Å². The van der Waals surface area contributed by atoms with E-state index in [4.69, 9.17) is 9.47 Å². The summed E-state index contributed by atoms with van der Waals surface area (Å²) in [5.41, 5.74) is 4.37. The van der Waals surface area contributed by atoms with Gasteiger partial charge in [-0.2, -0.15) is 0 Å². The monoisotopic (exact) mass is 470 g/mol. The Morgan fingerprint density at radius 1 is 1.14 bits per heavy atom. The number of aryl methyl sites for hydroxylation is 1. The molecule has 0 fully saturated rings. The summed E-state index contributed by atoms with van der Waals surface area (Å²) in [6.45, 7) is 6.87. The molecule has 8 heteroatoms. The number of rotatable bonds is 6. The van der Waals surface area contributed by atoms with Crippen LogP contribution in [0.15, 0.2) is 59.4 Å². The zero-order valence-corrected chi connectivity index (χ0v) is 19.9. The second kappa shape index (κ2) is 9.13. The van der Waals surface area contributed by atoms with Crippen molar-refractivity contribution in [1.82, 2.24) is 19.4 Å². The number of benzene rings is 2. The van der Waals surface area contributed by atoms with Gasteiger partial charge in [0, 0.05) is 35.8 Å². The fraction of sp³-hybridized carbons (Fsp3) is 0.222. The first kappa shape index (κ1) is 22.5. The van der Waals surface area contributed by atoms with Gasteiger partial charge in [-0.05, 0) is 62.7 Å². The van der Waals surface area contributed by atoms with Crippen LogP contribution in [0.5, 0.6) is 11.5 Å². The first-order valence-electron chi connectivity index (χ1n) is 11.5. The summed E-state index contributed by atoms with van der Waals surface area (Å²) in [5, 5.41) is 0.531. The molecule has 35 heavy (non-hydrogen) atoms. The van der Waals surface area contributed by atoms with E-state index in [1.807, 2.05) is 57.2 Å². The number of carbonyl (C=O) groups is 1. The molecule has 0 unspecified atom stereocenters. The van der Waals surface area contributed by atoms with Gasteiger partial charge in [0.1, 0.15) is 5.82 Å². The number of nitrogens with zero attached hydrogens (tertiary/aromatic N) is 3. The van der Waals surface area contributed by atoms with E-state index in [-0.39, 0.29) is 24.8 Å². The predicted molar refractivity (Wildman–Crippen MR) is 134 cm³/mol. The SMILES string of the molecule is CCN(Cc1nc2ccccc2c(=O)[nH]1)C(=O)C=Cc1cc(C)n(-c2ccc3c(c2)OCO3)c1C. The van der Waals surface area contributed by atoms with Gasteiger partial charge in [0.25, 0.3) is 5.56 Å². The minimum Gasteiger partial charge on any atom is -0.454 e. The highest BCUT2D eigenvalue weighted by Crippen LogP contribution is 2.35. The Kier molecular flexibility index (Phi) is 5.86. The summed E-state index contributed by atoms with van der Waals surface area (Å²) in [7, 11) is 0. The van der Waals surface area contributed by atoms with E-state index in [1.54, 1.807) is 29.2 Å². The quantitative estimate of drug-likeness (QED) is 0.428. The molecule has 1 amide bonds. The van der Waals surface area contributed by atoms with Crippen molar-refractivity contribution >= 4 is 22.9 Å². The van der Waals surface area contributed by atoms with Gasteiger partial charge >= 0.3 is 0 Å². The van der Waals surface area contributed by atoms with Crippen LogP contribution in [0.2, 0.25) is 0 Å². The number of para-hydroxylation sites is 1. The number of H-pyrrole nitrogens is 1. The molecule has 1 aliphatic heterocycles. The fourth-order valence-electron chi connectivity index (χ4n) is 4.38. The molecule has 0 aliphatic carbocycles. The maximum atomic E-state index is 13.0. The molecule has 0 saturated heterocycles. The summed E-state index contributed by atoms with van der Waals surface area (Å²) < 4.78 is 13.1. The van der Waals surface area contributed by atoms with Crippen LogP contribution in [-0.4, -0.2) is 38.7 Å². The third-order valence-electron chi connectivity index (χ3n) is 6.19. The van der Waals surface area contributed by atoms with Gasteiger partial charge < -0.3 is 23.9 Å². The van der Waals surface area contributed by atoms with E-state index < -0.39 is 0 Å². The Balaban J connectivity index is 1.36. The number of aromatic amines is 1. The maximum absolute atomic E-state index is 13.0. The Hall–Kier alpha value is -4.33. The summed E-state index contributed by atoms with van der Waals surface area (Å²) in [6.07, 6.45) is 3.39. The molecule has 0 radical (unpaired) electrons. The van der Waals surface area contributed by atoms with Gasteiger partial charge in [-0.15, -0.1) is 0 Å². The molecule has 2 aromatic heterocycles. The number of hydrogen-bond acceptors (Lipinski definition) is 5. The summed E-state index contributed by atoms with van der Waals surface area (Å²) in [6, 6.07) is 15.1. The maximum Gasteiger partial charge on any atom is 0.258 e. The van der Waals surface area contributed by atoms with Crippen molar-refractivity contribution in [2.45, 2.75) is 27.3 Å². The molecule has 4 aromatic rings. The first-order chi connectivity index (χ1) is 16.9. The number of hydrogen-bond donors (Lipinski definition) is 1. The lowest BCUT2D eigenvalue weighted by Gasteiger charge is -2.18. The first-order valence-corrected chi connectivity index (χ1v) is 11.5. The molecule has 0 atom stereocenters. The highest BCUT2D eigenvalue weighted by atomic mass is 16.7. The van der Waals surface area contributed by atoms with Crippen LogP contribution in [0.25, 0.3) is 22.7 Å². The van der Waals surface area contributed by atoms with E-state index in [2.05, 4.69) is 14.5 Å². The van der Waals surface area contributed by atoms with E-state index in [1.165, 1.54) is 0 Å². The van der Waals surface area contributed by atoms with Crippen LogP contribution in [0.3, 0.4) is 0 Å². The van der Waals surface area contributed by atoms with Crippen molar-refractivity contribution in [2.24, 2.45) is 0 Å². The molecule has 178 valence electrons. The van der Waals surface area contributed by atoms with E-state index in [0.717, 1.165) is 34.1 Å². The molecule has 8 nitrogen and oxygen atoms in total. The number of fused-ring (bicyclic) bond motifs is 2. The molecule has 1 aliphatic rings. The molecule has 5 rings (SSSR count). The second-order valence-corrected chi connectivity index (χ2v) is 8.41. The molecule has 0 saturated carbocycles. The Morgan fingerprint density at radius 2 is 1.94 bits per heavy atom. The minimum absolute atomic E-state index is 0.156. The number of ether oxygens (including phenoxy) is 2. The average Bonchev–Trinajstić information content (AvgIpc) is 3.43. The summed E-state index contributed by atoms with van der Waals surface area (Å²) in [4.78, 5) is 34.3. The lowest BCUT2D eigenvalue weighted by Crippen LogP contribution is -2.30. The van der Waals surface area contributed by atoms with Crippen molar-refractivity contribution in [3.05, 3.63) is 87.7 Å². The van der Waals surface area contributed by atoms with Crippen molar-refractivity contribution < 1.29 is 14.3 Å². The zero-order valence-electron chi connectivity index (χ0n) is 19.9. The summed E-state index contributed by atoms with van der Waals surface area (Å²) >= 11 is 0. The van der Waals surface area contributed by atoms with Crippen LogP contribution in [0.4, 0.5) is 0 Å². The van der Waals surface area contributed by atoms with Gasteiger partial charge in [-0.1, -0.05) is 12.1 Å². The van der Waals surface area contributed by atoms with Crippen LogP contribution < -0.4 is 15.0 Å². The molecule has 2 aromatic carbocycles. The number of likely N-dealkylation sites (N-methyl/N-ethyl adjacent to an activating group) is 1. The zero-order chi connectivity index (χ0) is 24.5. The van der Waals surface area contributed by atoms with Crippen LogP contribution in [0.1, 0.15) is 29.7 Å². The second-order valence-electron chi connectivity index (χ2n) is 8.41. The largest absolute Gasteiger partial charge is 0.454 e. The number of carbonyl (C=O) groups excluding carboxylic acids is 1. The molecule has 0 spiro atoms. The standard InChI is InChI=1S/C27H26N4O4/c1-4-30(15-25-28-22-8-6-5-7-21(22)27(33)29-25)26(32)12-9-19-13-17(2)31(18(19)3)20-10-11-23-24(14-20)35-16-34-23/h5-14H,4,15-16H2,1-3H3,(H,28,29,33). The van der Waals surface area contributed by atoms with Gasteiger partial charge in [-0.3, -0.25) is 9.59 Å². The van der Waals surface area contributed by atoms with E-state index in [9.17, 15) is 9.59 Å². The van der Waals surface area contributed by atoms with Crippen molar-refractivity contribution in [2.75, 3.05) is 13.3 Å². The number of amides is 1. The average molecular weight is 471 g/mol. The van der Waals surface area contributed by atoms with Crippen LogP contribution in [0, 0.1) is 13.8 Å². The van der Waals surface area contributed by atoms with E-state index >= 15 is 0 Å². The highest BCUT2D eigenvalue weighted by Gasteiger charge is 2.17. The Bertz CT molecular complexity index is 1520. The lowest BCUT2D eigenvalue weighted by atomic mass is 10.2. The molecular weight excluding hydrogens is 444 g/mol. The normalized spacial score (nSPS) is 12.5. The fourth-order valence-corrected chi connectivity index (χ4v) is 4.38. The van der Waals surface area contributed by atoms with Crippen LogP contribution >= 0.6 is 0 Å². The Morgan fingerprint density at radius 3 is 2.77 bits per heavy atom. The lowest BCUT2D eigenvalue weighted by molar-refractivity contribution is -0.126. The van der Waals surface area contributed by atoms with E-state index in [0.29, 0.717) is 23.3 Å². The summed E-state index contributed by atoms with van der Waals surface area (Å²) in [5.74, 6) is 1.76. The third kappa shape index (κ3) is 4.30. The van der Waals surface area contributed by atoms with Gasteiger partial charge in [-0.25, -0.2) is 4.98 Å². The van der Waals surface area contributed by atoms with Crippen LogP contribution in [-0.2, 0) is 11.3 Å². The number of nitrogens with one attached hydrogen (secondary N) is 1. The minimum atomic E-state index is -0.208. The number of aromatic nitrogens is 3. The Labute approximate surface area is 202 Å². The third-order valence-corrected chi connectivity index (χ3v) is 6.19. The predicted octanol–water partition coefficient (Wildman–Crippen LogP) is 4.12. The van der Waals surface area contributed by atoms with Crippen molar-refractivity contribution in [1.29, 1.82) is 0 Å². The molecule has 3 heterocycles. The molecule has 0 bridgehead atoms. The smallest absolute Gasteiger partial charge is 0.258 e.